The molecule has 2 aliphatic rings. The number of carbonyl (C=O) groups is 2. The molecule has 0 spiro atoms. The van der Waals surface area contributed by atoms with Crippen LogP contribution < -0.4 is 0 Å². The van der Waals surface area contributed by atoms with Crippen molar-refractivity contribution in [3.63, 3.8) is 0 Å². The third-order valence-corrected chi connectivity index (χ3v) is 4.29. The van der Waals surface area contributed by atoms with E-state index in [-0.39, 0.29) is 5.92 Å². The summed E-state index contributed by atoms with van der Waals surface area (Å²) in [4.78, 5) is 23.7. The van der Waals surface area contributed by atoms with Gasteiger partial charge in [0.25, 0.3) is 0 Å². The molecular weight excluding hydrogens is 220 g/mol. The monoisotopic (exact) mass is 240 g/mol. The van der Waals surface area contributed by atoms with Gasteiger partial charge < -0.3 is 9.84 Å². The molecule has 2 aliphatic carbocycles. The van der Waals surface area contributed by atoms with Gasteiger partial charge in [-0.15, -0.1) is 0 Å². The van der Waals surface area contributed by atoms with E-state index >= 15 is 0 Å². The molecule has 0 heterocycles. The van der Waals surface area contributed by atoms with E-state index in [0.29, 0.717) is 12.3 Å². The molecule has 2 rings (SSSR count). The fourth-order valence-electron chi connectivity index (χ4n) is 3.14. The topological polar surface area (TPSA) is 63.6 Å². The summed E-state index contributed by atoms with van der Waals surface area (Å²) in [5.74, 6) is -1.15. The molecule has 0 saturated heterocycles. The van der Waals surface area contributed by atoms with E-state index in [1.165, 1.54) is 7.11 Å². The highest BCUT2D eigenvalue weighted by Gasteiger charge is 2.56. The zero-order valence-electron chi connectivity index (χ0n) is 10.3. The van der Waals surface area contributed by atoms with Gasteiger partial charge in [0.15, 0.2) is 5.41 Å². The van der Waals surface area contributed by atoms with Crippen molar-refractivity contribution in [1.82, 2.24) is 0 Å². The molecule has 0 aromatic heterocycles. The van der Waals surface area contributed by atoms with Gasteiger partial charge >= 0.3 is 11.9 Å². The maximum Gasteiger partial charge on any atom is 0.323 e. The van der Waals surface area contributed by atoms with Crippen LogP contribution in [0.2, 0.25) is 0 Å². The van der Waals surface area contributed by atoms with E-state index in [1.54, 1.807) is 0 Å². The molecule has 0 bridgehead atoms. The van der Waals surface area contributed by atoms with Gasteiger partial charge in [-0.2, -0.15) is 0 Å². The van der Waals surface area contributed by atoms with Crippen LogP contribution in [0.4, 0.5) is 0 Å². The SMILES string of the molecule is COC(=O)C(CC1CC1)(C(=O)O)C1CCCC1. The third-order valence-electron chi connectivity index (χ3n) is 4.29. The summed E-state index contributed by atoms with van der Waals surface area (Å²) in [5.41, 5.74) is -1.27. The summed E-state index contributed by atoms with van der Waals surface area (Å²) >= 11 is 0. The van der Waals surface area contributed by atoms with Gasteiger partial charge in [0.05, 0.1) is 7.11 Å². The predicted molar refractivity (Wildman–Crippen MR) is 61.4 cm³/mol. The second kappa shape index (κ2) is 4.67. The quantitative estimate of drug-likeness (QED) is 0.591. The molecule has 17 heavy (non-hydrogen) atoms. The summed E-state index contributed by atoms with van der Waals surface area (Å²) in [6, 6.07) is 0. The summed E-state index contributed by atoms with van der Waals surface area (Å²) in [5, 5.41) is 9.56. The summed E-state index contributed by atoms with van der Waals surface area (Å²) in [6.07, 6.45) is 6.32. The van der Waals surface area contributed by atoms with Crippen molar-refractivity contribution in [3.8, 4) is 0 Å². The lowest BCUT2D eigenvalue weighted by Crippen LogP contribution is -2.46. The van der Waals surface area contributed by atoms with Crippen LogP contribution in [0.25, 0.3) is 0 Å². The number of methoxy groups -OCH3 is 1. The second-order valence-corrected chi connectivity index (χ2v) is 5.40. The Morgan fingerprint density at radius 1 is 1.24 bits per heavy atom. The van der Waals surface area contributed by atoms with Crippen molar-refractivity contribution < 1.29 is 19.4 Å². The Labute approximate surface area is 101 Å². The van der Waals surface area contributed by atoms with Gasteiger partial charge in [-0.25, -0.2) is 0 Å². The Morgan fingerprint density at radius 3 is 2.24 bits per heavy atom. The second-order valence-electron chi connectivity index (χ2n) is 5.40. The lowest BCUT2D eigenvalue weighted by Gasteiger charge is -2.32. The van der Waals surface area contributed by atoms with Crippen molar-refractivity contribution in [3.05, 3.63) is 0 Å². The van der Waals surface area contributed by atoms with Crippen LogP contribution in [0, 0.1) is 17.3 Å². The fraction of sp³-hybridized carbons (Fsp3) is 0.846. The van der Waals surface area contributed by atoms with Gasteiger partial charge in [-0.05, 0) is 31.1 Å². The van der Waals surface area contributed by atoms with Crippen LogP contribution in [0.5, 0.6) is 0 Å². The van der Waals surface area contributed by atoms with Crippen LogP contribution in [0.15, 0.2) is 0 Å². The molecule has 96 valence electrons. The number of rotatable bonds is 5. The normalized spacial score (nSPS) is 24.3. The Hall–Kier alpha value is -1.06. The first kappa shape index (κ1) is 12.4. The van der Waals surface area contributed by atoms with Crippen LogP contribution in [0.1, 0.15) is 44.9 Å². The van der Waals surface area contributed by atoms with E-state index in [2.05, 4.69) is 0 Å². The number of hydrogen-bond acceptors (Lipinski definition) is 3. The Morgan fingerprint density at radius 2 is 1.82 bits per heavy atom. The van der Waals surface area contributed by atoms with E-state index in [1.807, 2.05) is 0 Å². The lowest BCUT2D eigenvalue weighted by molar-refractivity contribution is -0.172. The van der Waals surface area contributed by atoms with Crippen molar-refractivity contribution in [2.24, 2.45) is 17.3 Å². The standard InChI is InChI=1S/C13H20O4/c1-17-12(16)13(11(14)15,8-9-6-7-9)10-4-2-3-5-10/h9-10H,2-8H2,1H3,(H,14,15). The number of esters is 1. The maximum atomic E-state index is 12.0. The number of aliphatic carboxylic acids is 1. The highest BCUT2D eigenvalue weighted by Crippen LogP contribution is 2.49. The molecular formula is C13H20O4. The first-order valence-electron chi connectivity index (χ1n) is 6.43. The number of carbonyl (C=O) groups excluding carboxylic acids is 1. The van der Waals surface area contributed by atoms with E-state index in [4.69, 9.17) is 4.74 Å². The third kappa shape index (κ3) is 2.17. The van der Waals surface area contributed by atoms with E-state index in [0.717, 1.165) is 38.5 Å². The number of hydrogen-bond donors (Lipinski definition) is 1. The number of carboxylic acids is 1. The minimum absolute atomic E-state index is 0.0342. The predicted octanol–water partition coefficient (Wildman–Crippen LogP) is 2.22. The van der Waals surface area contributed by atoms with Crippen LogP contribution in [0.3, 0.4) is 0 Å². The molecule has 1 N–H and O–H groups in total. The number of ether oxygens (including phenoxy) is 1. The van der Waals surface area contributed by atoms with Gasteiger partial charge in [0.2, 0.25) is 0 Å². The van der Waals surface area contributed by atoms with Gasteiger partial charge in [0.1, 0.15) is 0 Å². The summed E-state index contributed by atoms with van der Waals surface area (Å²) in [6.45, 7) is 0. The zero-order valence-corrected chi connectivity index (χ0v) is 10.3. The Bertz CT molecular complexity index is 315. The van der Waals surface area contributed by atoms with Crippen molar-refractivity contribution >= 4 is 11.9 Å². The highest BCUT2D eigenvalue weighted by molar-refractivity contribution is 5.99. The first-order valence-corrected chi connectivity index (χ1v) is 6.43. The van der Waals surface area contributed by atoms with Gasteiger partial charge in [0, 0.05) is 0 Å². The molecule has 2 fully saturated rings. The molecule has 0 radical (unpaired) electrons. The minimum Gasteiger partial charge on any atom is -0.480 e. The van der Waals surface area contributed by atoms with Crippen LogP contribution in [-0.4, -0.2) is 24.2 Å². The maximum absolute atomic E-state index is 12.0. The molecule has 1 unspecified atom stereocenters. The fourth-order valence-corrected chi connectivity index (χ4v) is 3.14. The molecule has 4 heteroatoms. The van der Waals surface area contributed by atoms with Crippen molar-refractivity contribution in [2.75, 3.05) is 7.11 Å². The van der Waals surface area contributed by atoms with Crippen molar-refractivity contribution in [1.29, 1.82) is 0 Å². The molecule has 0 aromatic rings. The Balaban J connectivity index is 2.27. The molecule has 1 atom stereocenters. The number of carboxylic acid groups (broad SMARTS) is 1. The summed E-state index contributed by atoms with van der Waals surface area (Å²) < 4.78 is 4.80. The molecule has 0 amide bonds. The largest absolute Gasteiger partial charge is 0.480 e. The summed E-state index contributed by atoms with van der Waals surface area (Å²) in [7, 11) is 1.29. The highest BCUT2D eigenvalue weighted by atomic mass is 16.5. The zero-order chi connectivity index (χ0) is 12.5. The van der Waals surface area contributed by atoms with Gasteiger partial charge in [-0.3, -0.25) is 9.59 Å². The molecule has 2 saturated carbocycles. The van der Waals surface area contributed by atoms with Crippen molar-refractivity contribution in [2.45, 2.75) is 44.9 Å². The lowest BCUT2D eigenvalue weighted by atomic mass is 9.70. The minimum atomic E-state index is -1.27. The molecule has 0 aromatic carbocycles. The smallest absolute Gasteiger partial charge is 0.323 e. The average molecular weight is 240 g/mol. The van der Waals surface area contributed by atoms with E-state index in [9.17, 15) is 14.7 Å². The molecule has 0 aliphatic heterocycles. The van der Waals surface area contributed by atoms with Crippen LogP contribution in [-0.2, 0) is 14.3 Å². The first-order chi connectivity index (χ1) is 8.11. The molecule has 4 nitrogen and oxygen atoms in total. The van der Waals surface area contributed by atoms with Gasteiger partial charge in [-0.1, -0.05) is 25.7 Å². The average Bonchev–Trinajstić information content (AvgIpc) is 2.95. The van der Waals surface area contributed by atoms with E-state index < -0.39 is 17.4 Å². The Kier molecular flexibility index (Phi) is 3.40. The van der Waals surface area contributed by atoms with Crippen LogP contribution >= 0.6 is 0 Å².